The second-order valence-electron chi connectivity index (χ2n) is 6.55. The summed E-state index contributed by atoms with van der Waals surface area (Å²) in [6.07, 6.45) is 3.09. The fraction of sp³-hybridized carbons (Fsp3) is 0.364. The molecule has 138 valence electrons. The number of fused-ring (bicyclic) bond motifs is 1. The molecule has 0 spiro atoms. The number of unbranched alkanes of at least 4 members (excludes halogenated alkanes) is 1. The molecule has 2 aromatic carbocycles. The standard InChI is InChI=1S/C22H28N2O2/c1-4-26-17-10-8-16(9-11-17)22-19(7-5-6-12-23)20-14-18(25-3)13-15(2)21(20)24-22/h8-11,13-14,24H,4-7,12,23H2,1-3H3. The van der Waals surface area contributed by atoms with Crippen molar-refractivity contribution in [3.05, 3.63) is 47.5 Å². The summed E-state index contributed by atoms with van der Waals surface area (Å²) in [4.78, 5) is 3.65. The van der Waals surface area contributed by atoms with Gasteiger partial charge in [-0.05, 0) is 92.7 Å². The van der Waals surface area contributed by atoms with Gasteiger partial charge in [0.15, 0.2) is 0 Å². The molecule has 3 rings (SSSR count). The first-order valence-electron chi connectivity index (χ1n) is 9.30. The van der Waals surface area contributed by atoms with Crippen LogP contribution in [0.1, 0.15) is 30.9 Å². The molecule has 0 fully saturated rings. The van der Waals surface area contributed by atoms with E-state index in [0.29, 0.717) is 6.61 Å². The lowest BCUT2D eigenvalue weighted by Crippen LogP contribution is -1.99. The number of ether oxygens (including phenoxy) is 2. The molecule has 0 aliphatic heterocycles. The monoisotopic (exact) mass is 352 g/mol. The largest absolute Gasteiger partial charge is 0.497 e. The Morgan fingerprint density at radius 1 is 1.04 bits per heavy atom. The van der Waals surface area contributed by atoms with Crippen LogP contribution in [0.3, 0.4) is 0 Å². The molecule has 26 heavy (non-hydrogen) atoms. The number of nitrogens with two attached hydrogens (primary N) is 1. The summed E-state index contributed by atoms with van der Waals surface area (Å²) in [5, 5.41) is 1.24. The third-order valence-electron chi connectivity index (χ3n) is 4.76. The van der Waals surface area contributed by atoms with Crippen molar-refractivity contribution in [3.63, 3.8) is 0 Å². The van der Waals surface area contributed by atoms with Crippen LogP contribution in [0.2, 0.25) is 0 Å². The Balaban J connectivity index is 2.10. The second-order valence-corrected chi connectivity index (χ2v) is 6.55. The van der Waals surface area contributed by atoms with Gasteiger partial charge in [0.05, 0.1) is 13.7 Å². The summed E-state index contributed by atoms with van der Waals surface area (Å²) in [6, 6.07) is 12.5. The van der Waals surface area contributed by atoms with E-state index in [1.54, 1.807) is 7.11 Å². The summed E-state index contributed by atoms with van der Waals surface area (Å²) >= 11 is 0. The lowest BCUT2D eigenvalue weighted by molar-refractivity contribution is 0.340. The maximum Gasteiger partial charge on any atom is 0.119 e. The van der Waals surface area contributed by atoms with Crippen molar-refractivity contribution in [3.8, 4) is 22.8 Å². The highest BCUT2D eigenvalue weighted by atomic mass is 16.5. The van der Waals surface area contributed by atoms with Gasteiger partial charge < -0.3 is 20.2 Å². The van der Waals surface area contributed by atoms with Crippen LogP contribution in [0.25, 0.3) is 22.2 Å². The molecule has 0 saturated heterocycles. The van der Waals surface area contributed by atoms with Crippen LogP contribution in [0.15, 0.2) is 36.4 Å². The Morgan fingerprint density at radius 2 is 1.81 bits per heavy atom. The molecule has 0 atom stereocenters. The predicted molar refractivity (Wildman–Crippen MR) is 108 cm³/mol. The molecule has 0 unspecified atom stereocenters. The van der Waals surface area contributed by atoms with Gasteiger partial charge in [-0.3, -0.25) is 0 Å². The molecule has 0 amide bonds. The molecule has 0 saturated carbocycles. The lowest BCUT2D eigenvalue weighted by Gasteiger charge is -2.08. The molecule has 1 heterocycles. The van der Waals surface area contributed by atoms with Crippen molar-refractivity contribution >= 4 is 10.9 Å². The fourth-order valence-electron chi connectivity index (χ4n) is 3.45. The zero-order chi connectivity index (χ0) is 18.5. The topological polar surface area (TPSA) is 60.3 Å². The summed E-state index contributed by atoms with van der Waals surface area (Å²) in [5.74, 6) is 1.79. The van der Waals surface area contributed by atoms with E-state index >= 15 is 0 Å². The van der Waals surface area contributed by atoms with Gasteiger partial charge in [-0.2, -0.15) is 0 Å². The molecule has 0 bridgehead atoms. The molecule has 1 aromatic heterocycles. The number of hydrogen-bond acceptors (Lipinski definition) is 3. The van der Waals surface area contributed by atoms with Gasteiger partial charge in [0.2, 0.25) is 0 Å². The van der Waals surface area contributed by atoms with E-state index in [1.165, 1.54) is 33.3 Å². The molecular formula is C22H28N2O2. The van der Waals surface area contributed by atoms with E-state index in [-0.39, 0.29) is 0 Å². The lowest BCUT2D eigenvalue weighted by atomic mass is 9.99. The molecular weight excluding hydrogens is 324 g/mol. The van der Waals surface area contributed by atoms with Crippen molar-refractivity contribution in [2.75, 3.05) is 20.3 Å². The number of nitrogens with one attached hydrogen (secondary N) is 1. The summed E-state index contributed by atoms with van der Waals surface area (Å²) in [6.45, 7) is 5.52. The molecule has 0 radical (unpaired) electrons. The fourth-order valence-corrected chi connectivity index (χ4v) is 3.45. The van der Waals surface area contributed by atoms with E-state index in [9.17, 15) is 0 Å². The van der Waals surface area contributed by atoms with Crippen LogP contribution >= 0.6 is 0 Å². The predicted octanol–water partition coefficient (Wildman–Crippen LogP) is 4.83. The van der Waals surface area contributed by atoms with Crippen LogP contribution in [-0.4, -0.2) is 25.2 Å². The Morgan fingerprint density at radius 3 is 2.46 bits per heavy atom. The van der Waals surface area contributed by atoms with Crippen molar-refractivity contribution in [2.24, 2.45) is 5.73 Å². The van der Waals surface area contributed by atoms with Gasteiger partial charge in [-0.15, -0.1) is 0 Å². The second kappa shape index (κ2) is 8.28. The van der Waals surface area contributed by atoms with Gasteiger partial charge in [0.1, 0.15) is 11.5 Å². The van der Waals surface area contributed by atoms with Crippen LogP contribution in [-0.2, 0) is 6.42 Å². The minimum Gasteiger partial charge on any atom is -0.497 e. The third-order valence-corrected chi connectivity index (χ3v) is 4.76. The normalized spacial score (nSPS) is 11.1. The minimum atomic E-state index is 0.676. The number of benzene rings is 2. The zero-order valence-corrected chi connectivity index (χ0v) is 15.9. The summed E-state index contributed by atoms with van der Waals surface area (Å²) in [7, 11) is 1.72. The Kier molecular flexibility index (Phi) is 5.84. The summed E-state index contributed by atoms with van der Waals surface area (Å²) in [5.41, 5.74) is 11.8. The number of hydrogen-bond donors (Lipinski definition) is 2. The van der Waals surface area contributed by atoms with Crippen LogP contribution in [0, 0.1) is 6.92 Å². The third kappa shape index (κ3) is 3.70. The Bertz CT molecular complexity index is 866. The first kappa shape index (κ1) is 18.3. The van der Waals surface area contributed by atoms with Gasteiger partial charge in [0.25, 0.3) is 0 Å². The maximum atomic E-state index is 5.70. The Labute approximate surface area is 155 Å². The molecule has 4 nitrogen and oxygen atoms in total. The molecule has 3 aromatic rings. The summed E-state index contributed by atoms with van der Waals surface area (Å²) < 4.78 is 11.1. The number of aromatic amines is 1. The Hall–Kier alpha value is -2.46. The first-order valence-corrected chi connectivity index (χ1v) is 9.30. The van der Waals surface area contributed by atoms with Crippen LogP contribution in [0.4, 0.5) is 0 Å². The van der Waals surface area contributed by atoms with Crippen molar-refractivity contribution < 1.29 is 9.47 Å². The van der Waals surface area contributed by atoms with Crippen LogP contribution in [0.5, 0.6) is 11.5 Å². The SMILES string of the molecule is CCOc1ccc(-c2[nH]c3c(C)cc(OC)cc3c2CCCCN)cc1. The zero-order valence-electron chi connectivity index (χ0n) is 15.9. The maximum absolute atomic E-state index is 5.70. The van der Waals surface area contributed by atoms with E-state index in [1.807, 2.05) is 19.1 Å². The highest BCUT2D eigenvalue weighted by Crippen LogP contribution is 2.36. The minimum absolute atomic E-state index is 0.676. The molecule has 4 heteroatoms. The number of methoxy groups -OCH3 is 1. The van der Waals surface area contributed by atoms with Crippen molar-refractivity contribution in [1.82, 2.24) is 4.98 Å². The van der Waals surface area contributed by atoms with Gasteiger partial charge in [-0.25, -0.2) is 0 Å². The number of aryl methyl sites for hydroxylation is 2. The van der Waals surface area contributed by atoms with E-state index in [2.05, 4.69) is 36.2 Å². The van der Waals surface area contributed by atoms with Gasteiger partial charge >= 0.3 is 0 Å². The van der Waals surface area contributed by atoms with E-state index in [0.717, 1.165) is 37.3 Å². The average molecular weight is 352 g/mol. The van der Waals surface area contributed by atoms with Crippen molar-refractivity contribution in [1.29, 1.82) is 0 Å². The van der Waals surface area contributed by atoms with Gasteiger partial charge in [-0.1, -0.05) is 0 Å². The number of rotatable bonds is 8. The van der Waals surface area contributed by atoms with Crippen LogP contribution < -0.4 is 15.2 Å². The highest BCUT2D eigenvalue weighted by Gasteiger charge is 2.15. The first-order chi connectivity index (χ1) is 12.7. The smallest absolute Gasteiger partial charge is 0.119 e. The number of aromatic nitrogens is 1. The van der Waals surface area contributed by atoms with E-state index < -0.39 is 0 Å². The molecule has 0 aliphatic rings. The van der Waals surface area contributed by atoms with Gasteiger partial charge in [0, 0.05) is 16.6 Å². The van der Waals surface area contributed by atoms with Crippen molar-refractivity contribution in [2.45, 2.75) is 33.1 Å². The molecule has 3 N–H and O–H groups in total. The quantitative estimate of drug-likeness (QED) is 0.571. The number of H-pyrrole nitrogens is 1. The average Bonchev–Trinajstić information content (AvgIpc) is 3.02. The van der Waals surface area contributed by atoms with E-state index in [4.69, 9.17) is 15.2 Å². The molecule has 0 aliphatic carbocycles. The highest BCUT2D eigenvalue weighted by molar-refractivity contribution is 5.93.